The van der Waals surface area contributed by atoms with E-state index in [4.69, 9.17) is 23.2 Å². The molecule has 3 N–H and O–H groups in total. The fraction of sp³-hybridized carbons (Fsp3) is 0. The van der Waals surface area contributed by atoms with Gasteiger partial charge in [-0.2, -0.15) is 10.4 Å². The van der Waals surface area contributed by atoms with Crippen LogP contribution in [0.3, 0.4) is 0 Å². The minimum Gasteiger partial charge on any atom is -0.360 e. The Morgan fingerprint density at radius 3 is 2.72 bits per heavy atom. The first kappa shape index (κ1) is 16.8. The van der Waals surface area contributed by atoms with Gasteiger partial charge in [0.25, 0.3) is 5.91 Å². The Kier molecular flexibility index (Phi) is 4.89. The van der Waals surface area contributed by atoms with Crippen molar-refractivity contribution in [2.75, 3.05) is 10.6 Å². The van der Waals surface area contributed by atoms with Gasteiger partial charge in [0.1, 0.15) is 11.6 Å². The lowest BCUT2D eigenvalue weighted by molar-refractivity contribution is -0.112. The quantitative estimate of drug-likeness (QED) is 0.469. The minimum atomic E-state index is -0.559. The molecule has 0 saturated heterocycles. The molecule has 0 atom stereocenters. The maximum absolute atomic E-state index is 12.2. The second-order valence-corrected chi connectivity index (χ2v) is 5.88. The van der Waals surface area contributed by atoms with E-state index in [9.17, 15) is 10.1 Å². The van der Waals surface area contributed by atoms with Gasteiger partial charge in [-0.1, -0.05) is 23.2 Å². The molecular formula is C17H11Cl2N5O. The van der Waals surface area contributed by atoms with Gasteiger partial charge in [0.05, 0.1) is 21.8 Å². The molecule has 0 radical (unpaired) electrons. The Bertz CT molecular complexity index is 1020. The molecule has 0 aliphatic rings. The summed E-state index contributed by atoms with van der Waals surface area (Å²) in [4.78, 5) is 12.2. The first-order valence-electron chi connectivity index (χ1n) is 7.13. The summed E-state index contributed by atoms with van der Waals surface area (Å²) in [6.07, 6.45) is 3.05. The van der Waals surface area contributed by atoms with E-state index < -0.39 is 5.91 Å². The number of anilines is 2. The molecule has 8 heteroatoms. The number of nitrogens with zero attached hydrogens (tertiary/aromatic N) is 2. The molecule has 3 rings (SSSR count). The molecule has 0 aliphatic carbocycles. The molecule has 0 spiro atoms. The van der Waals surface area contributed by atoms with E-state index in [2.05, 4.69) is 20.8 Å². The van der Waals surface area contributed by atoms with Crippen molar-refractivity contribution in [3.05, 3.63) is 64.4 Å². The highest BCUT2D eigenvalue weighted by atomic mass is 35.5. The summed E-state index contributed by atoms with van der Waals surface area (Å²) >= 11 is 11.7. The topological polar surface area (TPSA) is 93.6 Å². The molecule has 1 aromatic heterocycles. The van der Waals surface area contributed by atoms with Crippen molar-refractivity contribution < 1.29 is 4.79 Å². The predicted octanol–water partition coefficient (Wildman–Crippen LogP) is 4.33. The highest BCUT2D eigenvalue weighted by Gasteiger charge is 2.10. The molecule has 3 aromatic rings. The second-order valence-electron chi connectivity index (χ2n) is 5.07. The molecule has 0 fully saturated rings. The Morgan fingerprint density at radius 1 is 1.16 bits per heavy atom. The van der Waals surface area contributed by atoms with Crippen LogP contribution in [0.5, 0.6) is 0 Å². The highest BCUT2D eigenvalue weighted by Crippen LogP contribution is 2.25. The number of rotatable bonds is 4. The van der Waals surface area contributed by atoms with Gasteiger partial charge in [-0.3, -0.25) is 9.89 Å². The summed E-state index contributed by atoms with van der Waals surface area (Å²) in [5, 5.41) is 23.2. The molecule has 1 heterocycles. The van der Waals surface area contributed by atoms with E-state index in [1.807, 2.05) is 24.3 Å². The second kappa shape index (κ2) is 7.26. The highest BCUT2D eigenvalue weighted by molar-refractivity contribution is 6.42. The van der Waals surface area contributed by atoms with Crippen LogP contribution in [0, 0.1) is 11.3 Å². The summed E-state index contributed by atoms with van der Waals surface area (Å²) in [5.74, 6) is -0.559. The van der Waals surface area contributed by atoms with Crippen LogP contribution in [0.1, 0.15) is 0 Å². The summed E-state index contributed by atoms with van der Waals surface area (Å²) in [6, 6.07) is 12.0. The average Bonchev–Trinajstić information content (AvgIpc) is 3.06. The number of aromatic amines is 1. The first-order valence-corrected chi connectivity index (χ1v) is 7.89. The van der Waals surface area contributed by atoms with Crippen molar-refractivity contribution in [3.63, 3.8) is 0 Å². The van der Waals surface area contributed by atoms with E-state index in [0.29, 0.717) is 21.4 Å². The lowest BCUT2D eigenvalue weighted by atomic mass is 10.2. The number of carbonyl (C=O) groups excluding carboxylic acids is 1. The van der Waals surface area contributed by atoms with Gasteiger partial charge in [0.15, 0.2) is 0 Å². The molecule has 0 aliphatic heterocycles. The zero-order chi connectivity index (χ0) is 17.8. The van der Waals surface area contributed by atoms with Crippen LogP contribution in [-0.4, -0.2) is 16.1 Å². The van der Waals surface area contributed by atoms with Gasteiger partial charge in [-0.05, 0) is 36.4 Å². The molecule has 6 nitrogen and oxygen atoms in total. The smallest absolute Gasteiger partial charge is 0.267 e. The monoisotopic (exact) mass is 371 g/mol. The van der Waals surface area contributed by atoms with Crippen LogP contribution in [-0.2, 0) is 4.79 Å². The number of nitrogens with one attached hydrogen (secondary N) is 3. The van der Waals surface area contributed by atoms with Gasteiger partial charge >= 0.3 is 0 Å². The van der Waals surface area contributed by atoms with Crippen LogP contribution in [0.25, 0.3) is 10.9 Å². The number of nitriles is 1. The Morgan fingerprint density at radius 2 is 1.96 bits per heavy atom. The molecule has 1 amide bonds. The Hall–Kier alpha value is -3.01. The maximum atomic E-state index is 12.2. The minimum absolute atomic E-state index is 0.0872. The third-order valence-corrected chi connectivity index (χ3v) is 4.11. The molecule has 0 saturated carbocycles. The number of amides is 1. The third-order valence-electron chi connectivity index (χ3n) is 3.37. The number of halogens is 2. The number of hydrogen-bond donors (Lipinski definition) is 3. The van der Waals surface area contributed by atoms with Crippen molar-refractivity contribution >= 4 is 51.4 Å². The van der Waals surface area contributed by atoms with Crippen molar-refractivity contribution in [2.24, 2.45) is 0 Å². The van der Waals surface area contributed by atoms with Crippen molar-refractivity contribution in [3.8, 4) is 6.07 Å². The van der Waals surface area contributed by atoms with Gasteiger partial charge < -0.3 is 10.6 Å². The summed E-state index contributed by atoms with van der Waals surface area (Å²) < 4.78 is 0. The van der Waals surface area contributed by atoms with Crippen LogP contribution in [0.4, 0.5) is 11.4 Å². The van der Waals surface area contributed by atoms with E-state index in [1.165, 1.54) is 12.3 Å². The van der Waals surface area contributed by atoms with Crippen LogP contribution >= 0.6 is 23.2 Å². The largest absolute Gasteiger partial charge is 0.360 e. The molecule has 124 valence electrons. The number of H-pyrrole nitrogens is 1. The number of fused-ring (bicyclic) bond motifs is 1. The van der Waals surface area contributed by atoms with Crippen molar-refractivity contribution in [2.45, 2.75) is 0 Å². The van der Waals surface area contributed by atoms with Gasteiger partial charge in [-0.15, -0.1) is 0 Å². The van der Waals surface area contributed by atoms with E-state index in [0.717, 1.165) is 10.9 Å². The van der Waals surface area contributed by atoms with E-state index in [-0.39, 0.29) is 5.57 Å². The molecule has 0 bridgehead atoms. The first-order chi connectivity index (χ1) is 12.1. The zero-order valence-electron chi connectivity index (χ0n) is 12.7. The number of hydrogen-bond acceptors (Lipinski definition) is 4. The number of aromatic nitrogens is 2. The molecule has 2 aromatic carbocycles. The van der Waals surface area contributed by atoms with Gasteiger partial charge in [0, 0.05) is 23.0 Å². The normalized spacial score (nSPS) is 11.2. The SMILES string of the molecule is N#C/C(=C/Nc1ccc2cn[nH]c2c1)C(=O)Nc1ccc(Cl)c(Cl)c1. The molecule has 25 heavy (non-hydrogen) atoms. The fourth-order valence-electron chi connectivity index (χ4n) is 2.10. The summed E-state index contributed by atoms with van der Waals surface area (Å²) in [5.41, 5.74) is 1.92. The Balaban J connectivity index is 1.73. The molecule has 0 unspecified atom stereocenters. The average molecular weight is 372 g/mol. The molecular weight excluding hydrogens is 361 g/mol. The summed E-state index contributed by atoms with van der Waals surface area (Å²) in [7, 11) is 0. The van der Waals surface area contributed by atoms with Gasteiger partial charge in [0.2, 0.25) is 0 Å². The predicted molar refractivity (Wildman–Crippen MR) is 98.5 cm³/mol. The number of carbonyl (C=O) groups is 1. The van der Waals surface area contributed by atoms with Gasteiger partial charge in [-0.25, -0.2) is 0 Å². The maximum Gasteiger partial charge on any atom is 0.267 e. The lowest BCUT2D eigenvalue weighted by Crippen LogP contribution is -2.14. The van der Waals surface area contributed by atoms with Crippen molar-refractivity contribution in [1.29, 1.82) is 5.26 Å². The Labute approximate surface area is 153 Å². The zero-order valence-corrected chi connectivity index (χ0v) is 14.2. The lowest BCUT2D eigenvalue weighted by Gasteiger charge is -2.06. The third kappa shape index (κ3) is 3.91. The van der Waals surface area contributed by atoms with Crippen LogP contribution < -0.4 is 10.6 Å². The van der Waals surface area contributed by atoms with Crippen LogP contribution in [0.15, 0.2) is 54.4 Å². The van der Waals surface area contributed by atoms with Crippen molar-refractivity contribution in [1.82, 2.24) is 10.2 Å². The van der Waals surface area contributed by atoms with E-state index >= 15 is 0 Å². The number of benzene rings is 2. The fourth-order valence-corrected chi connectivity index (χ4v) is 2.40. The standard InChI is InChI=1S/C17H11Cl2N5O/c18-14-4-3-13(5-15(14)19)23-17(25)11(7-20)8-21-12-2-1-10-9-22-24-16(10)6-12/h1-6,8-9,21H,(H,22,24)(H,23,25)/b11-8-. The summed E-state index contributed by atoms with van der Waals surface area (Å²) in [6.45, 7) is 0. The van der Waals surface area contributed by atoms with E-state index in [1.54, 1.807) is 18.3 Å². The van der Waals surface area contributed by atoms with Crippen LogP contribution in [0.2, 0.25) is 10.0 Å².